The van der Waals surface area contributed by atoms with E-state index in [2.05, 4.69) is 11.8 Å². The molecule has 0 aliphatic heterocycles. The van der Waals surface area contributed by atoms with Gasteiger partial charge in [-0.15, -0.1) is 0 Å². The molecule has 1 atom stereocenters. The van der Waals surface area contributed by atoms with Crippen LogP contribution < -0.4 is 0 Å². The molecule has 0 saturated heterocycles. The summed E-state index contributed by atoms with van der Waals surface area (Å²) in [5, 5.41) is 36.8. The van der Waals surface area contributed by atoms with Gasteiger partial charge < -0.3 is 25.3 Å². The van der Waals surface area contributed by atoms with Gasteiger partial charge in [0, 0.05) is 39.1 Å². The average Bonchev–Trinajstić information content (AvgIpc) is 2.84. The molecule has 0 aliphatic carbocycles. The summed E-state index contributed by atoms with van der Waals surface area (Å²) in [4.78, 5) is 15.9. The molecule has 0 aromatic heterocycles. The second kappa shape index (κ2) is 26.3. The Kier molecular flexibility index (Phi) is 25.8. The first kappa shape index (κ1) is 34.3. The molecule has 35 heavy (non-hydrogen) atoms. The van der Waals surface area contributed by atoms with Gasteiger partial charge in [-0.2, -0.15) is 0 Å². The normalized spacial score (nSPS) is 12.4. The first-order valence-corrected chi connectivity index (χ1v) is 14.6. The van der Waals surface area contributed by atoms with E-state index in [1.54, 1.807) is 4.90 Å². The minimum atomic E-state index is -0.0660. The Labute approximate surface area is 215 Å². The van der Waals surface area contributed by atoms with Crippen LogP contribution in [0.5, 0.6) is 0 Å². The van der Waals surface area contributed by atoms with Gasteiger partial charge in [0.15, 0.2) is 0 Å². The van der Waals surface area contributed by atoms with Crippen LogP contribution in [0, 0.1) is 5.92 Å². The van der Waals surface area contributed by atoms with Gasteiger partial charge in [-0.3, -0.25) is 9.69 Å². The van der Waals surface area contributed by atoms with Crippen molar-refractivity contribution in [2.45, 2.75) is 110 Å². The third-order valence-electron chi connectivity index (χ3n) is 6.91. The zero-order valence-electron chi connectivity index (χ0n) is 22.8. The van der Waals surface area contributed by atoms with Crippen LogP contribution in [-0.4, -0.2) is 95.3 Å². The minimum Gasteiger partial charge on any atom is -0.395 e. The maximum atomic E-state index is 12.2. The van der Waals surface area contributed by atoms with Crippen molar-refractivity contribution in [3.05, 3.63) is 0 Å². The number of aliphatic hydroxyl groups excluding tert-OH is 4. The van der Waals surface area contributed by atoms with Crippen molar-refractivity contribution >= 4 is 5.91 Å². The highest BCUT2D eigenvalue weighted by molar-refractivity contribution is 5.76. The highest BCUT2D eigenvalue weighted by atomic mass is 16.3. The standard InChI is InChI=1S/C28H58N2O5/c1-2-3-4-5-6-9-12-15-27(26-29(18-22-31)19-23-32)16-13-10-7-8-11-14-17-28(35)30(20-24-33)21-25-34/h27,31-34H,2-26H2,1H3. The summed E-state index contributed by atoms with van der Waals surface area (Å²) in [6.45, 7) is 5.26. The molecule has 7 heteroatoms. The number of nitrogens with zero attached hydrogens (tertiary/aromatic N) is 2. The smallest absolute Gasteiger partial charge is 0.222 e. The van der Waals surface area contributed by atoms with E-state index in [1.165, 1.54) is 77.0 Å². The van der Waals surface area contributed by atoms with E-state index in [0.29, 0.717) is 38.5 Å². The zero-order valence-corrected chi connectivity index (χ0v) is 22.8. The predicted octanol–water partition coefficient (Wildman–Crippen LogP) is 3.96. The molecule has 1 amide bonds. The maximum Gasteiger partial charge on any atom is 0.222 e. The molecule has 0 aromatic rings. The molecule has 4 N–H and O–H groups in total. The van der Waals surface area contributed by atoms with Crippen LogP contribution >= 0.6 is 0 Å². The quantitative estimate of drug-likeness (QED) is 0.127. The van der Waals surface area contributed by atoms with Gasteiger partial charge in [0.1, 0.15) is 0 Å². The number of aliphatic hydroxyl groups is 4. The lowest BCUT2D eigenvalue weighted by Gasteiger charge is -2.26. The summed E-state index contributed by atoms with van der Waals surface area (Å²) in [7, 11) is 0. The molecule has 0 spiro atoms. The van der Waals surface area contributed by atoms with Crippen LogP contribution in [0.25, 0.3) is 0 Å². The predicted molar refractivity (Wildman–Crippen MR) is 144 cm³/mol. The van der Waals surface area contributed by atoms with Gasteiger partial charge in [-0.05, 0) is 25.2 Å². The van der Waals surface area contributed by atoms with E-state index < -0.39 is 0 Å². The van der Waals surface area contributed by atoms with Crippen molar-refractivity contribution in [1.82, 2.24) is 9.80 Å². The first-order valence-electron chi connectivity index (χ1n) is 14.6. The molecule has 0 bridgehead atoms. The zero-order chi connectivity index (χ0) is 26.0. The lowest BCUT2D eigenvalue weighted by Crippen LogP contribution is -2.35. The summed E-state index contributed by atoms with van der Waals surface area (Å²) in [6, 6.07) is 0. The Balaban J connectivity index is 4.16. The van der Waals surface area contributed by atoms with Crippen LogP contribution in [0.1, 0.15) is 110 Å². The number of amides is 1. The third-order valence-corrected chi connectivity index (χ3v) is 6.91. The summed E-state index contributed by atoms with van der Waals surface area (Å²) < 4.78 is 0. The van der Waals surface area contributed by atoms with Crippen molar-refractivity contribution in [2.75, 3.05) is 59.2 Å². The van der Waals surface area contributed by atoms with Crippen LogP contribution in [0.15, 0.2) is 0 Å². The summed E-state index contributed by atoms with van der Waals surface area (Å²) in [6.07, 6.45) is 18.9. The van der Waals surface area contributed by atoms with Crippen LogP contribution in [-0.2, 0) is 4.79 Å². The van der Waals surface area contributed by atoms with E-state index >= 15 is 0 Å². The largest absolute Gasteiger partial charge is 0.395 e. The van der Waals surface area contributed by atoms with Crippen molar-refractivity contribution in [2.24, 2.45) is 5.92 Å². The summed E-state index contributed by atoms with van der Waals surface area (Å²) in [5.41, 5.74) is 0. The Hall–Kier alpha value is -0.730. The van der Waals surface area contributed by atoms with E-state index in [4.69, 9.17) is 10.2 Å². The Morgan fingerprint density at radius 3 is 1.49 bits per heavy atom. The van der Waals surface area contributed by atoms with E-state index in [9.17, 15) is 15.0 Å². The molecule has 7 nitrogen and oxygen atoms in total. The first-order chi connectivity index (χ1) is 17.1. The maximum absolute atomic E-state index is 12.2. The van der Waals surface area contributed by atoms with E-state index in [1.807, 2.05) is 0 Å². The number of unbranched alkanes of at least 4 members (excludes halogenated alkanes) is 11. The van der Waals surface area contributed by atoms with Gasteiger partial charge in [0.25, 0.3) is 0 Å². The van der Waals surface area contributed by atoms with Crippen molar-refractivity contribution in [3.8, 4) is 0 Å². The fraction of sp³-hybridized carbons (Fsp3) is 0.964. The molecule has 0 heterocycles. The monoisotopic (exact) mass is 502 g/mol. The van der Waals surface area contributed by atoms with Crippen molar-refractivity contribution < 1.29 is 25.2 Å². The highest BCUT2D eigenvalue weighted by Gasteiger charge is 2.14. The molecular weight excluding hydrogens is 444 g/mol. The summed E-state index contributed by atoms with van der Waals surface area (Å²) >= 11 is 0. The fourth-order valence-electron chi connectivity index (χ4n) is 4.84. The lowest BCUT2D eigenvalue weighted by molar-refractivity contribution is -0.132. The van der Waals surface area contributed by atoms with Gasteiger partial charge >= 0.3 is 0 Å². The summed E-state index contributed by atoms with van der Waals surface area (Å²) in [5.74, 6) is 0.655. The van der Waals surface area contributed by atoms with Crippen LogP contribution in [0.3, 0.4) is 0 Å². The average molecular weight is 503 g/mol. The Morgan fingerprint density at radius 1 is 0.600 bits per heavy atom. The number of carbonyl (C=O) groups is 1. The Bertz CT molecular complexity index is 441. The molecule has 1 unspecified atom stereocenters. The molecule has 210 valence electrons. The number of hydrogen-bond acceptors (Lipinski definition) is 6. The fourth-order valence-corrected chi connectivity index (χ4v) is 4.84. The number of rotatable bonds is 27. The Morgan fingerprint density at radius 2 is 1.03 bits per heavy atom. The van der Waals surface area contributed by atoms with E-state index in [-0.39, 0.29) is 32.3 Å². The van der Waals surface area contributed by atoms with Crippen LogP contribution in [0.4, 0.5) is 0 Å². The van der Waals surface area contributed by atoms with Gasteiger partial charge in [0.2, 0.25) is 5.91 Å². The molecule has 0 aromatic carbocycles. The third kappa shape index (κ3) is 21.1. The molecule has 0 radical (unpaired) electrons. The topological polar surface area (TPSA) is 104 Å². The molecule has 0 fully saturated rings. The second-order valence-electron chi connectivity index (χ2n) is 10.0. The molecule has 0 aliphatic rings. The highest BCUT2D eigenvalue weighted by Crippen LogP contribution is 2.21. The van der Waals surface area contributed by atoms with Crippen molar-refractivity contribution in [1.29, 1.82) is 0 Å². The number of hydrogen-bond donors (Lipinski definition) is 4. The molecule has 0 saturated carbocycles. The minimum absolute atomic E-state index is 0.0246. The van der Waals surface area contributed by atoms with E-state index in [0.717, 1.165) is 25.8 Å². The van der Waals surface area contributed by atoms with Gasteiger partial charge in [0.05, 0.1) is 26.4 Å². The molecular formula is C28H58N2O5. The second-order valence-corrected chi connectivity index (χ2v) is 10.0. The number of carbonyl (C=O) groups excluding carboxylic acids is 1. The van der Waals surface area contributed by atoms with Gasteiger partial charge in [-0.1, -0.05) is 84.0 Å². The SMILES string of the molecule is CCCCCCCCCC(CCCCCCCCC(=O)N(CCO)CCO)CN(CCO)CCO. The van der Waals surface area contributed by atoms with Crippen LogP contribution in [0.2, 0.25) is 0 Å². The lowest BCUT2D eigenvalue weighted by atomic mass is 9.93. The van der Waals surface area contributed by atoms with Crippen molar-refractivity contribution in [3.63, 3.8) is 0 Å². The molecule has 0 rings (SSSR count). The van der Waals surface area contributed by atoms with Gasteiger partial charge in [-0.25, -0.2) is 0 Å².